The number of ether oxygens (including phenoxy) is 1. The highest BCUT2D eigenvalue weighted by Crippen LogP contribution is 2.22. The monoisotopic (exact) mass is 230 g/mol. The van der Waals surface area contributed by atoms with Crippen LogP contribution in [-0.4, -0.2) is 43.8 Å². The van der Waals surface area contributed by atoms with E-state index in [1.54, 1.807) is 12.0 Å². The molecule has 0 aliphatic carbocycles. The molecule has 16 heavy (non-hydrogen) atoms. The van der Waals surface area contributed by atoms with Gasteiger partial charge in [0.15, 0.2) is 0 Å². The quantitative estimate of drug-likeness (QED) is 0.803. The van der Waals surface area contributed by atoms with Crippen molar-refractivity contribution in [2.45, 2.75) is 46.7 Å². The fourth-order valence-electron chi connectivity index (χ4n) is 1.36. The molecule has 1 N–H and O–H groups in total. The second-order valence-corrected chi connectivity index (χ2v) is 5.46. The topological polar surface area (TPSA) is 41.6 Å². The minimum absolute atomic E-state index is 0.0344. The Kier molecular flexibility index (Phi) is 5.79. The van der Waals surface area contributed by atoms with E-state index in [1.807, 2.05) is 14.0 Å². The second kappa shape index (κ2) is 6.09. The van der Waals surface area contributed by atoms with Crippen molar-refractivity contribution in [1.82, 2.24) is 10.2 Å². The number of nitrogens with zero attached hydrogens (tertiary/aromatic N) is 1. The first-order valence-electron chi connectivity index (χ1n) is 5.72. The molecule has 0 bridgehead atoms. The molecular formula is C12H26N2O2. The summed E-state index contributed by atoms with van der Waals surface area (Å²) in [7, 11) is 3.45. The summed E-state index contributed by atoms with van der Waals surface area (Å²) in [5, 5.41) is 2.90. The van der Waals surface area contributed by atoms with Gasteiger partial charge in [-0.3, -0.25) is 0 Å². The van der Waals surface area contributed by atoms with E-state index in [-0.39, 0.29) is 23.5 Å². The van der Waals surface area contributed by atoms with Crippen LogP contribution in [0.5, 0.6) is 0 Å². The molecule has 0 radical (unpaired) electrons. The fraction of sp³-hybridized carbons (Fsp3) is 0.917. The van der Waals surface area contributed by atoms with Gasteiger partial charge >= 0.3 is 6.03 Å². The van der Waals surface area contributed by atoms with Gasteiger partial charge in [-0.2, -0.15) is 0 Å². The molecule has 4 heteroatoms. The van der Waals surface area contributed by atoms with E-state index in [0.717, 1.165) is 0 Å². The summed E-state index contributed by atoms with van der Waals surface area (Å²) in [6.45, 7) is 10.9. The molecule has 0 aliphatic heterocycles. The third-order valence-corrected chi connectivity index (χ3v) is 2.94. The zero-order chi connectivity index (χ0) is 12.9. The minimum Gasteiger partial charge on any atom is -0.383 e. The van der Waals surface area contributed by atoms with Crippen molar-refractivity contribution in [2.75, 3.05) is 20.8 Å². The molecule has 0 spiro atoms. The van der Waals surface area contributed by atoms with Crippen molar-refractivity contribution in [2.24, 2.45) is 5.41 Å². The van der Waals surface area contributed by atoms with Crippen molar-refractivity contribution < 1.29 is 9.53 Å². The largest absolute Gasteiger partial charge is 0.383 e. The summed E-state index contributed by atoms with van der Waals surface area (Å²) in [5.41, 5.74) is 0.0799. The van der Waals surface area contributed by atoms with Gasteiger partial charge in [-0.15, -0.1) is 0 Å². The summed E-state index contributed by atoms with van der Waals surface area (Å²) >= 11 is 0. The first-order chi connectivity index (χ1) is 7.20. The minimum atomic E-state index is -0.0491. The molecule has 0 fully saturated rings. The van der Waals surface area contributed by atoms with Crippen LogP contribution in [0, 0.1) is 5.41 Å². The van der Waals surface area contributed by atoms with Gasteiger partial charge in [-0.1, -0.05) is 20.8 Å². The van der Waals surface area contributed by atoms with Gasteiger partial charge in [0.2, 0.25) is 0 Å². The third kappa shape index (κ3) is 4.84. The summed E-state index contributed by atoms with van der Waals surface area (Å²) in [6, 6.07) is 0.168. The van der Waals surface area contributed by atoms with E-state index in [4.69, 9.17) is 4.74 Å². The van der Waals surface area contributed by atoms with Gasteiger partial charge in [0.25, 0.3) is 0 Å². The van der Waals surface area contributed by atoms with Crippen LogP contribution in [-0.2, 0) is 4.74 Å². The van der Waals surface area contributed by atoms with Crippen molar-refractivity contribution in [3.63, 3.8) is 0 Å². The average molecular weight is 230 g/mol. The predicted molar refractivity (Wildman–Crippen MR) is 66.5 cm³/mol. The highest BCUT2D eigenvalue weighted by atomic mass is 16.5. The molecule has 0 aliphatic rings. The van der Waals surface area contributed by atoms with Gasteiger partial charge in [0, 0.05) is 20.2 Å². The number of amides is 2. The molecule has 0 saturated heterocycles. The number of rotatable bonds is 4. The first kappa shape index (κ1) is 15.2. The Morgan fingerprint density at radius 2 is 1.88 bits per heavy atom. The zero-order valence-corrected chi connectivity index (χ0v) is 11.6. The first-order valence-corrected chi connectivity index (χ1v) is 5.72. The summed E-state index contributed by atoms with van der Waals surface area (Å²) < 4.78 is 4.98. The smallest absolute Gasteiger partial charge is 0.317 e. The summed E-state index contributed by atoms with van der Waals surface area (Å²) in [6.07, 6.45) is 0. The number of hydrogen-bond donors (Lipinski definition) is 1. The van der Waals surface area contributed by atoms with Crippen LogP contribution in [0.2, 0.25) is 0 Å². The van der Waals surface area contributed by atoms with Crippen LogP contribution in [0.15, 0.2) is 0 Å². The van der Waals surface area contributed by atoms with Crippen molar-refractivity contribution in [3.8, 4) is 0 Å². The number of carbonyl (C=O) groups excluding carboxylic acids is 1. The SMILES string of the molecule is COC[C@@H](C)NC(=O)N(C)[C@H](C)C(C)(C)C. The lowest BCUT2D eigenvalue weighted by atomic mass is 9.87. The Morgan fingerprint density at radius 1 is 1.38 bits per heavy atom. The van der Waals surface area contributed by atoms with Crippen molar-refractivity contribution in [1.29, 1.82) is 0 Å². The fourth-order valence-corrected chi connectivity index (χ4v) is 1.36. The van der Waals surface area contributed by atoms with E-state index < -0.39 is 0 Å². The standard InChI is InChI=1S/C12H26N2O2/c1-9(8-16-7)13-11(15)14(6)10(2)12(3,4)5/h9-10H,8H2,1-7H3,(H,13,15)/t9-,10-/m1/s1. The molecule has 2 atom stereocenters. The maximum absolute atomic E-state index is 11.9. The van der Waals surface area contributed by atoms with E-state index in [1.165, 1.54) is 0 Å². The van der Waals surface area contributed by atoms with Crippen molar-refractivity contribution in [3.05, 3.63) is 0 Å². The lowest BCUT2D eigenvalue weighted by Crippen LogP contribution is -2.50. The molecule has 0 rings (SSSR count). The molecule has 2 amide bonds. The Morgan fingerprint density at radius 3 is 2.25 bits per heavy atom. The van der Waals surface area contributed by atoms with Crippen LogP contribution < -0.4 is 5.32 Å². The number of methoxy groups -OCH3 is 1. The van der Waals surface area contributed by atoms with E-state index in [2.05, 4.69) is 33.0 Å². The summed E-state index contributed by atoms with van der Waals surface area (Å²) in [4.78, 5) is 13.6. The lowest BCUT2D eigenvalue weighted by molar-refractivity contribution is 0.133. The van der Waals surface area contributed by atoms with E-state index >= 15 is 0 Å². The number of urea groups is 1. The van der Waals surface area contributed by atoms with Gasteiger partial charge < -0.3 is 15.0 Å². The Bertz CT molecular complexity index is 224. The Hall–Kier alpha value is -0.770. The van der Waals surface area contributed by atoms with E-state index in [9.17, 15) is 4.79 Å². The van der Waals surface area contributed by atoms with Gasteiger partial charge in [-0.05, 0) is 19.3 Å². The maximum atomic E-state index is 11.9. The molecule has 4 nitrogen and oxygen atoms in total. The second-order valence-electron chi connectivity index (χ2n) is 5.46. The number of hydrogen-bond acceptors (Lipinski definition) is 2. The van der Waals surface area contributed by atoms with Crippen LogP contribution in [0.25, 0.3) is 0 Å². The molecule has 0 unspecified atom stereocenters. The molecule has 0 aromatic carbocycles. The van der Waals surface area contributed by atoms with Crippen LogP contribution in [0.1, 0.15) is 34.6 Å². The lowest BCUT2D eigenvalue weighted by Gasteiger charge is -2.35. The Labute approximate surface area is 99.3 Å². The predicted octanol–water partition coefficient (Wildman–Crippen LogP) is 2.10. The van der Waals surface area contributed by atoms with Crippen molar-refractivity contribution >= 4 is 6.03 Å². The van der Waals surface area contributed by atoms with Crippen LogP contribution in [0.3, 0.4) is 0 Å². The van der Waals surface area contributed by atoms with Crippen LogP contribution in [0.4, 0.5) is 4.79 Å². The van der Waals surface area contributed by atoms with Gasteiger partial charge in [0.1, 0.15) is 0 Å². The number of carbonyl (C=O) groups is 1. The molecule has 96 valence electrons. The average Bonchev–Trinajstić information content (AvgIpc) is 2.14. The van der Waals surface area contributed by atoms with Gasteiger partial charge in [-0.25, -0.2) is 4.79 Å². The number of nitrogens with one attached hydrogen (secondary N) is 1. The maximum Gasteiger partial charge on any atom is 0.317 e. The van der Waals surface area contributed by atoms with E-state index in [0.29, 0.717) is 6.61 Å². The third-order valence-electron chi connectivity index (χ3n) is 2.94. The Balaban J connectivity index is 4.28. The normalized spacial score (nSPS) is 15.4. The molecule has 0 aromatic rings. The highest BCUT2D eigenvalue weighted by molar-refractivity contribution is 5.74. The van der Waals surface area contributed by atoms with Gasteiger partial charge in [0.05, 0.1) is 12.6 Å². The highest BCUT2D eigenvalue weighted by Gasteiger charge is 2.27. The molecular weight excluding hydrogens is 204 g/mol. The summed E-state index contributed by atoms with van der Waals surface area (Å²) in [5.74, 6) is 0. The zero-order valence-electron chi connectivity index (χ0n) is 11.6. The van der Waals surface area contributed by atoms with Crippen LogP contribution >= 0.6 is 0 Å². The molecule has 0 aromatic heterocycles. The molecule has 0 saturated carbocycles. The molecule has 0 heterocycles.